The fraction of sp³-hybridized carbons (Fsp3) is 0.364. The maximum Gasteiger partial charge on any atom is 0.325 e. The Bertz CT molecular complexity index is 313. The highest BCUT2D eigenvalue weighted by Crippen LogP contribution is 2.16. The first-order chi connectivity index (χ1) is 7.15. The van der Waals surface area contributed by atoms with Crippen LogP contribution in [0.25, 0.3) is 0 Å². The highest BCUT2D eigenvalue weighted by atomic mass is 16.5. The van der Waals surface area contributed by atoms with Crippen LogP contribution in [-0.2, 0) is 9.53 Å². The smallest absolute Gasteiger partial charge is 0.325 e. The third-order valence-electron chi connectivity index (χ3n) is 2.06. The molecule has 0 aliphatic heterocycles. The van der Waals surface area contributed by atoms with Crippen molar-refractivity contribution in [1.82, 2.24) is 0 Å². The minimum atomic E-state index is -0.962. The normalized spacial score (nSPS) is 14.3. The van der Waals surface area contributed by atoms with Crippen LogP contribution in [0.3, 0.4) is 0 Å². The van der Waals surface area contributed by atoms with E-state index >= 15 is 0 Å². The molecule has 1 aromatic rings. The van der Waals surface area contributed by atoms with Crippen molar-refractivity contribution < 1.29 is 14.6 Å². The van der Waals surface area contributed by atoms with E-state index in [-0.39, 0.29) is 6.10 Å². The predicted molar refractivity (Wildman–Crippen MR) is 56.0 cm³/mol. The Morgan fingerprint density at radius 3 is 2.60 bits per heavy atom. The van der Waals surface area contributed by atoms with Crippen LogP contribution in [0.15, 0.2) is 30.3 Å². The van der Waals surface area contributed by atoms with Gasteiger partial charge in [-0.3, -0.25) is 4.79 Å². The number of hydrogen-bond acceptors (Lipinski definition) is 4. The molecule has 1 aromatic carbocycles. The summed E-state index contributed by atoms with van der Waals surface area (Å²) in [6.07, 6.45) is -0.351. The largest absolute Gasteiger partial charge is 0.457 e. The highest BCUT2D eigenvalue weighted by Gasteiger charge is 2.17. The van der Waals surface area contributed by atoms with Gasteiger partial charge in [0.15, 0.2) is 0 Å². The number of rotatable bonds is 4. The van der Waals surface area contributed by atoms with Crippen LogP contribution in [0.5, 0.6) is 0 Å². The van der Waals surface area contributed by atoms with E-state index in [4.69, 9.17) is 15.6 Å². The fourth-order valence-electron chi connectivity index (χ4n) is 1.13. The van der Waals surface area contributed by atoms with Gasteiger partial charge in [0.1, 0.15) is 12.1 Å². The van der Waals surface area contributed by atoms with Crippen molar-refractivity contribution in [2.24, 2.45) is 5.73 Å². The summed E-state index contributed by atoms with van der Waals surface area (Å²) in [5.41, 5.74) is 6.22. The van der Waals surface area contributed by atoms with E-state index in [2.05, 4.69) is 0 Å². The van der Waals surface area contributed by atoms with Crippen molar-refractivity contribution >= 4 is 5.97 Å². The van der Waals surface area contributed by atoms with E-state index in [1.165, 1.54) is 0 Å². The summed E-state index contributed by atoms with van der Waals surface area (Å²) in [7, 11) is 0. The molecular weight excluding hydrogens is 194 g/mol. The Morgan fingerprint density at radius 1 is 1.47 bits per heavy atom. The van der Waals surface area contributed by atoms with Crippen molar-refractivity contribution in [1.29, 1.82) is 0 Å². The monoisotopic (exact) mass is 209 g/mol. The molecule has 1 rings (SSSR count). The van der Waals surface area contributed by atoms with Crippen molar-refractivity contribution in [2.75, 3.05) is 6.61 Å². The summed E-state index contributed by atoms with van der Waals surface area (Å²) in [4.78, 5) is 11.3. The maximum atomic E-state index is 11.3. The van der Waals surface area contributed by atoms with Gasteiger partial charge in [-0.05, 0) is 12.5 Å². The van der Waals surface area contributed by atoms with Crippen LogP contribution in [0.4, 0.5) is 0 Å². The second-order valence-electron chi connectivity index (χ2n) is 3.28. The van der Waals surface area contributed by atoms with Crippen LogP contribution in [0.2, 0.25) is 0 Å². The molecule has 0 bridgehead atoms. The molecule has 0 aliphatic carbocycles. The number of hydrogen-bond donors (Lipinski definition) is 2. The van der Waals surface area contributed by atoms with E-state index in [9.17, 15) is 4.79 Å². The van der Waals surface area contributed by atoms with E-state index in [1.807, 2.05) is 30.3 Å². The maximum absolute atomic E-state index is 11.3. The molecule has 4 heteroatoms. The summed E-state index contributed by atoms with van der Waals surface area (Å²) in [5, 5.41) is 8.66. The number of benzene rings is 1. The van der Waals surface area contributed by atoms with E-state index in [0.29, 0.717) is 0 Å². The molecule has 0 radical (unpaired) electrons. The van der Waals surface area contributed by atoms with Crippen LogP contribution in [-0.4, -0.2) is 23.7 Å². The lowest BCUT2D eigenvalue weighted by molar-refractivity contribution is -0.151. The Labute approximate surface area is 88.7 Å². The number of esters is 1. The van der Waals surface area contributed by atoms with Gasteiger partial charge >= 0.3 is 5.97 Å². The average Bonchev–Trinajstić information content (AvgIpc) is 2.29. The molecule has 0 fully saturated rings. The first-order valence-electron chi connectivity index (χ1n) is 4.77. The third-order valence-corrected chi connectivity index (χ3v) is 2.06. The molecule has 0 aromatic heterocycles. The lowest BCUT2D eigenvalue weighted by atomic mass is 10.1. The number of carbonyl (C=O) groups is 1. The topological polar surface area (TPSA) is 72.5 Å². The average molecular weight is 209 g/mol. The molecule has 0 aliphatic rings. The van der Waals surface area contributed by atoms with Gasteiger partial charge in [-0.15, -0.1) is 0 Å². The Hall–Kier alpha value is -1.39. The molecule has 82 valence electrons. The van der Waals surface area contributed by atoms with E-state index < -0.39 is 18.6 Å². The van der Waals surface area contributed by atoms with Gasteiger partial charge in [0.25, 0.3) is 0 Å². The number of nitrogens with two attached hydrogens (primary N) is 1. The zero-order valence-electron chi connectivity index (χ0n) is 8.59. The summed E-state index contributed by atoms with van der Waals surface area (Å²) in [6.45, 7) is 1.36. The molecule has 0 saturated carbocycles. The lowest BCUT2D eigenvalue weighted by Gasteiger charge is -2.15. The van der Waals surface area contributed by atoms with E-state index in [1.54, 1.807) is 6.92 Å². The molecule has 3 N–H and O–H groups in total. The number of aliphatic hydroxyl groups excluding tert-OH is 1. The Balaban J connectivity index is 2.56. The summed E-state index contributed by atoms with van der Waals surface area (Å²) in [6, 6.07) is 8.38. The standard InChI is InChI=1S/C11H15NO3/c1-8(9-5-3-2-4-6-9)15-11(14)10(12)7-13/h2-6,8,10,13H,7,12H2,1H3/t8?,10-/m1/s1. The van der Waals surface area contributed by atoms with Gasteiger partial charge in [-0.1, -0.05) is 30.3 Å². The molecular formula is C11H15NO3. The minimum Gasteiger partial charge on any atom is -0.457 e. The summed E-state index contributed by atoms with van der Waals surface area (Å²) < 4.78 is 5.07. The molecule has 0 spiro atoms. The highest BCUT2D eigenvalue weighted by molar-refractivity contribution is 5.75. The van der Waals surface area contributed by atoms with Crippen molar-refractivity contribution in [2.45, 2.75) is 19.1 Å². The van der Waals surface area contributed by atoms with Gasteiger partial charge in [0.2, 0.25) is 0 Å². The zero-order chi connectivity index (χ0) is 11.3. The van der Waals surface area contributed by atoms with Crippen LogP contribution in [0.1, 0.15) is 18.6 Å². The number of aliphatic hydroxyl groups is 1. The summed E-state index contributed by atoms with van der Waals surface area (Å²) in [5.74, 6) is -0.589. The van der Waals surface area contributed by atoms with Gasteiger partial charge in [0, 0.05) is 0 Å². The third kappa shape index (κ3) is 3.34. The molecule has 0 amide bonds. The van der Waals surface area contributed by atoms with Crippen molar-refractivity contribution in [3.05, 3.63) is 35.9 Å². The second-order valence-corrected chi connectivity index (χ2v) is 3.28. The Morgan fingerprint density at radius 2 is 2.07 bits per heavy atom. The molecule has 4 nitrogen and oxygen atoms in total. The fourth-order valence-corrected chi connectivity index (χ4v) is 1.13. The molecule has 1 unspecified atom stereocenters. The quantitative estimate of drug-likeness (QED) is 0.713. The van der Waals surface area contributed by atoms with Crippen molar-refractivity contribution in [3.63, 3.8) is 0 Å². The molecule has 0 heterocycles. The molecule has 2 atom stereocenters. The Kier molecular flexibility index (Phi) is 4.27. The van der Waals surface area contributed by atoms with Crippen LogP contribution >= 0.6 is 0 Å². The second kappa shape index (κ2) is 5.48. The van der Waals surface area contributed by atoms with Crippen molar-refractivity contribution in [3.8, 4) is 0 Å². The molecule has 15 heavy (non-hydrogen) atoms. The first kappa shape index (κ1) is 11.7. The SMILES string of the molecule is CC(OC(=O)[C@H](N)CO)c1ccccc1. The molecule has 0 saturated heterocycles. The van der Waals surface area contributed by atoms with Gasteiger partial charge in [-0.2, -0.15) is 0 Å². The van der Waals surface area contributed by atoms with Gasteiger partial charge in [0.05, 0.1) is 6.61 Å². The summed E-state index contributed by atoms with van der Waals surface area (Å²) >= 11 is 0. The first-order valence-corrected chi connectivity index (χ1v) is 4.77. The van der Waals surface area contributed by atoms with Crippen LogP contribution in [0, 0.1) is 0 Å². The predicted octanol–water partition coefficient (Wildman–Crippen LogP) is 0.610. The zero-order valence-corrected chi connectivity index (χ0v) is 8.59. The lowest BCUT2D eigenvalue weighted by Crippen LogP contribution is -2.36. The van der Waals surface area contributed by atoms with Crippen LogP contribution < -0.4 is 5.73 Å². The number of carbonyl (C=O) groups excluding carboxylic acids is 1. The van der Waals surface area contributed by atoms with Gasteiger partial charge in [-0.25, -0.2) is 0 Å². The minimum absolute atomic E-state index is 0.351. The number of ether oxygens (including phenoxy) is 1. The van der Waals surface area contributed by atoms with E-state index in [0.717, 1.165) is 5.56 Å². The van der Waals surface area contributed by atoms with Gasteiger partial charge < -0.3 is 15.6 Å².